The highest BCUT2D eigenvalue weighted by molar-refractivity contribution is 5.94. The molecule has 0 aromatic carbocycles. The number of amides is 1. The van der Waals surface area contributed by atoms with E-state index in [9.17, 15) is 4.79 Å². The van der Waals surface area contributed by atoms with Crippen molar-refractivity contribution in [3.8, 4) is 0 Å². The molecule has 0 saturated heterocycles. The van der Waals surface area contributed by atoms with Gasteiger partial charge in [-0.15, -0.1) is 0 Å². The Morgan fingerprint density at radius 2 is 2.30 bits per heavy atom. The third-order valence-corrected chi connectivity index (χ3v) is 2.86. The van der Waals surface area contributed by atoms with Crippen LogP contribution in [0.25, 0.3) is 0 Å². The molecule has 106 valence electrons. The second-order valence-corrected chi connectivity index (χ2v) is 4.50. The van der Waals surface area contributed by atoms with Crippen LogP contribution in [0.4, 0.5) is 5.69 Å². The molecule has 0 fully saturated rings. The highest BCUT2D eigenvalue weighted by Gasteiger charge is 2.06. The summed E-state index contributed by atoms with van der Waals surface area (Å²) in [4.78, 5) is 16.0. The number of nitrogens with zero attached hydrogens (tertiary/aromatic N) is 1. The molecular weight excluding hydrogens is 254 g/mol. The number of rotatable bonds is 7. The average molecular weight is 273 g/mol. The summed E-state index contributed by atoms with van der Waals surface area (Å²) in [6, 6.07) is 5.52. The molecule has 2 N–H and O–H groups in total. The van der Waals surface area contributed by atoms with Crippen molar-refractivity contribution in [2.75, 3.05) is 11.9 Å². The van der Waals surface area contributed by atoms with Crippen molar-refractivity contribution >= 4 is 11.6 Å². The van der Waals surface area contributed by atoms with Gasteiger partial charge in [-0.1, -0.05) is 13.3 Å². The molecule has 0 aliphatic rings. The molecule has 0 unspecified atom stereocenters. The van der Waals surface area contributed by atoms with Crippen LogP contribution in [0.3, 0.4) is 0 Å². The first kappa shape index (κ1) is 14.1. The van der Waals surface area contributed by atoms with Crippen LogP contribution in [0, 0.1) is 0 Å². The van der Waals surface area contributed by atoms with E-state index in [1.54, 1.807) is 24.7 Å². The summed E-state index contributed by atoms with van der Waals surface area (Å²) in [5, 5.41) is 6.04. The summed E-state index contributed by atoms with van der Waals surface area (Å²) < 4.78 is 5.24. The predicted molar refractivity (Wildman–Crippen MR) is 77.5 cm³/mol. The first-order valence-electron chi connectivity index (χ1n) is 6.79. The zero-order valence-electron chi connectivity index (χ0n) is 11.6. The summed E-state index contributed by atoms with van der Waals surface area (Å²) in [7, 11) is 0. The Morgan fingerprint density at radius 3 is 3.05 bits per heavy atom. The Hall–Kier alpha value is -2.30. The zero-order chi connectivity index (χ0) is 14.2. The van der Waals surface area contributed by atoms with Gasteiger partial charge in [0.15, 0.2) is 0 Å². The van der Waals surface area contributed by atoms with Gasteiger partial charge in [0.1, 0.15) is 5.76 Å². The lowest BCUT2D eigenvalue weighted by molar-refractivity contribution is 0.0953. The molecule has 2 aromatic rings. The van der Waals surface area contributed by atoms with Crippen LogP contribution in [-0.4, -0.2) is 17.4 Å². The molecule has 2 rings (SSSR count). The lowest BCUT2D eigenvalue weighted by Gasteiger charge is -2.07. The van der Waals surface area contributed by atoms with Crippen LogP contribution >= 0.6 is 0 Å². The van der Waals surface area contributed by atoms with Crippen LogP contribution in [0.1, 0.15) is 35.9 Å². The molecule has 2 heterocycles. The van der Waals surface area contributed by atoms with E-state index in [1.165, 1.54) is 0 Å². The first-order valence-corrected chi connectivity index (χ1v) is 6.79. The quantitative estimate of drug-likeness (QED) is 0.761. The van der Waals surface area contributed by atoms with Gasteiger partial charge in [0.2, 0.25) is 0 Å². The maximum absolute atomic E-state index is 11.9. The predicted octanol–water partition coefficient (Wildman–Crippen LogP) is 2.82. The lowest BCUT2D eigenvalue weighted by atomic mass is 10.2. The zero-order valence-corrected chi connectivity index (χ0v) is 11.6. The van der Waals surface area contributed by atoms with Crippen molar-refractivity contribution < 1.29 is 9.21 Å². The molecule has 5 heteroatoms. The number of furan rings is 1. The molecule has 0 bridgehead atoms. The standard InChI is InChI=1S/C15H19N3O2/c1-2-3-6-17-15(19)12-8-13(10-16-9-12)18-11-14-5-4-7-20-14/h4-5,7-10,18H,2-3,6,11H2,1H3,(H,17,19). The molecule has 0 spiro atoms. The summed E-state index contributed by atoms with van der Waals surface area (Å²) in [5.41, 5.74) is 1.36. The topological polar surface area (TPSA) is 67.2 Å². The van der Waals surface area contributed by atoms with Gasteiger partial charge in [-0.05, 0) is 24.6 Å². The minimum Gasteiger partial charge on any atom is -0.467 e. The summed E-state index contributed by atoms with van der Waals surface area (Å²) in [6.07, 6.45) is 6.93. The number of hydrogen-bond donors (Lipinski definition) is 2. The molecule has 0 saturated carbocycles. The monoisotopic (exact) mass is 273 g/mol. The van der Waals surface area contributed by atoms with Crippen molar-refractivity contribution in [1.29, 1.82) is 0 Å². The maximum atomic E-state index is 11.9. The molecule has 0 aliphatic heterocycles. The van der Waals surface area contributed by atoms with E-state index < -0.39 is 0 Å². The number of anilines is 1. The number of nitrogens with one attached hydrogen (secondary N) is 2. The van der Waals surface area contributed by atoms with Gasteiger partial charge < -0.3 is 15.1 Å². The van der Waals surface area contributed by atoms with E-state index in [4.69, 9.17) is 4.42 Å². The Kier molecular flexibility index (Phi) is 5.17. The Labute approximate surface area is 118 Å². The van der Waals surface area contributed by atoms with E-state index in [-0.39, 0.29) is 5.91 Å². The van der Waals surface area contributed by atoms with Crippen LogP contribution in [0.2, 0.25) is 0 Å². The minimum atomic E-state index is -0.0902. The third-order valence-electron chi connectivity index (χ3n) is 2.86. The number of aromatic nitrogens is 1. The summed E-state index contributed by atoms with van der Waals surface area (Å²) in [5.74, 6) is 0.746. The first-order chi connectivity index (χ1) is 9.79. The third kappa shape index (κ3) is 4.12. The molecule has 2 aromatic heterocycles. The molecule has 0 atom stereocenters. The van der Waals surface area contributed by atoms with Gasteiger partial charge >= 0.3 is 0 Å². The average Bonchev–Trinajstić information content (AvgIpc) is 2.99. The van der Waals surface area contributed by atoms with Crippen molar-refractivity contribution in [3.05, 3.63) is 48.2 Å². The molecular formula is C15H19N3O2. The second-order valence-electron chi connectivity index (χ2n) is 4.50. The van der Waals surface area contributed by atoms with E-state index in [0.29, 0.717) is 18.7 Å². The van der Waals surface area contributed by atoms with Crippen molar-refractivity contribution in [2.24, 2.45) is 0 Å². The van der Waals surface area contributed by atoms with Gasteiger partial charge in [0.05, 0.1) is 24.1 Å². The molecule has 5 nitrogen and oxygen atoms in total. The number of carbonyl (C=O) groups is 1. The molecule has 0 aliphatic carbocycles. The highest BCUT2D eigenvalue weighted by atomic mass is 16.3. The van der Waals surface area contributed by atoms with Gasteiger partial charge in [0.25, 0.3) is 5.91 Å². The Balaban J connectivity index is 1.91. The minimum absolute atomic E-state index is 0.0902. The van der Waals surface area contributed by atoms with Crippen LogP contribution in [0.15, 0.2) is 41.3 Å². The van der Waals surface area contributed by atoms with E-state index in [1.807, 2.05) is 12.1 Å². The van der Waals surface area contributed by atoms with E-state index in [2.05, 4.69) is 22.5 Å². The molecule has 1 amide bonds. The van der Waals surface area contributed by atoms with Gasteiger partial charge in [-0.3, -0.25) is 9.78 Å². The van der Waals surface area contributed by atoms with E-state index in [0.717, 1.165) is 24.3 Å². The number of pyridine rings is 1. The number of unbranched alkanes of at least 4 members (excludes halogenated alkanes) is 1. The van der Waals surface area contributed by atoms with Gasteiger partial charge in [-0.25, -0.2) is 0 Å². The van der Waals surface area contributed by atoms with Crippen molar-refractivity contribution in [3.63, 3.8) is 0 Å². The van der Waals surface area contributed by atoms with Crippen LogP contribution < -0.4 is 10.6 Å². The molecule has 20 heavy (non-hydrogen) atoms. The fourth-order valence-electron chi connectivity index (χ4n) is 1.74. The van der Waals surface area contributed by atoms with Crippen molar-refractivity contribution in [2.45, 2.75) is 26.3 Å². The SMILES string of the molecule is CCCCNC(=O)c1cncc(NCc2ccco2)c1. The number of carbonyl (C=O) groups excluding carboxylic acids is 1. The molecule has 0 radical (unpaired) electrons. The summed E-state index contributed by atoms with van der Waals surface area (Å²) >= 11 is 0. The summed E-state index contributed by atoms with van der Waals surface area (Å²) in [6.45, 7) is 3.35. The normalized spacial score (nSPS) is 10.2. The lowest BCUT2D eigenvalue weighted by Crippen LogP contribution is -2.24. The fourth-order valence-corrected chi connectivity index (χ4v) is 1.74. The van der Waals surface area contributed by atoms with Crippen LogP contribution in [0.5, 0.6) is 0 Å². The maximum Gasteiger partial charge on any atom is 0.252 e. The Bertz CT molecular complexity index is 538. The van der Waals surface area contributed by atoms with Gasteiger partial charge in [-0.2, -0.15) is 0 Å². The van der Waals surface area contributed by atoms with Gasteiger partial charge in [0, 0.05) is 18.9 Å². The largest absolute Gasteiger partial charge is 0.467 e. The van der Waals surface area contributed by atoms with E-state index >= 15 is 0 Å². The van der Waals surface area contributed by atoms with Crippen LogP contribution in [-0.2, 0) is 6.54 Å². The fraction of sp³-hybridized carbons (Fsp3) is 0.333. The number of hydrogen-bond acceptors (Lipinski definition) is 4. The Morgan fingerprint density at radius 1 is 1.40 bits per heavy atom. The highest BCUT2D eigenvalue weighted by Crippen LogP contribution is 2.10. The van der Waals surface area contributed by atoms with Crippen molar-refractivity contribution in [1.82, 2.24) is 10.3 Å². The smallest absolute Gasteiger partial charge is 0.252 e. The second kappa shape index (κ2) is 7.33.